The Morgan fingerprint density at radius 3 is 2.48 bits per heavy atom. The normalized spacial score (nSPS) is 16.3. The number of sulfonamides is 1. The quantitative estimate of drug-likeness (QED) is 0.574. The number of carbonyl (C=O) groups excluding carboxylic acids is 1. The summed E-state index contributed by atoms with van der Waals surface area (Å²) in [5.41, 5.74) is 1.92. The highest BCUT2D eigenvalue weighted by molar-refractivity contribution is 7.92. The molecule has 172 valence electrons. The first kappa shape index (κ1) is 22.7. The maximum Gasteiger partial charge on any atom is 0.263 e. The molecule has 4 rings (SSSR count). The number of fused-ring (bicyclic) bond motifs is 1. The van der Waals surface area contributed by atoms with Crippen molar-refractivity contribution in [3.8, 4) is 11.5 Å². The van der Waals surface area contributed by atoms with E-state index < -0.39 is 22.0 Å². The van der Waals surface area contributed by atoms with Gasteiger partial charge in [0.15, 0.2) is 6.10 Å². The largest absolute Gasteiger partial charge is 0.496 e. The van der Waals surface area contributed by atoms with Gasteiger partial charge in [0.05, 0.1) is 31.1 Å². The number of methoxy groups -OCH3 is 1. The summed E-state index contributed by atoms with van der Waals surface area (Å²) in [5.74, 6) is 0.439. The molecule has 1 aliphatic heterocycles. The molecule has 0 radical (unpaired) electrons. The minimum Gasteiger partial charge on any atom is -0.496 e. The van der Waals surface area contributed by atoms with Crippen LogP contribution >= 0.6 is 0 Å². The van der Waals surface area contributed by atoms with Gasteiger partial charge in [0.2, 0.25) is 10.0 Å². The van der Waals surface area contributed by atoms with Crippen molar-refractivity contribution < 1.29 is 22.7 Å². The third kappa shape index (κ3) is 4.96. The van der Waals surface area contributed by atoms with Crippen molar-refractivity contribution in [1.29, 1.82) is 0 Å². The second kappa shape index (κ2) is 9.54. The van der Waals surface area contributed by atoms with Crippen LogP contribution in [0, 0.1) is 0 Å². The zero-order valence-corrected chi connectivity index (χ0v) is 19.3. The second-order valence-corrected chi connectivity index (χ2v) is 9.71. The van der Waals surface area contributed by atoms with Crippen molar-refractivity contribution in [3.63, 3.8) is 0 Å². The van der Waals surface area contributed by atoms with Gasteiger partial charge in [-0.15, -0.1) is 0 Å². The van der Waals surface area contributed by atoms with Crippen LogP contribution in [-0.4, -0.2) is 34.1 Å². The van der Waals surface area contributed by atoms with Crippen LogP contribution in [0.5, 0.6) is 11.5 Å². The van der Waals surface area contributed by atoms with Crippen LogP contribution in [-0.2, 0) is 20.6 Å². The van der Waals surface area contributed by atoms with E-state index in [0.717, 1.165) is 5.56 Å². The average molecular weight is 467 g/mol. The van der Waals surface area contributed by atoms with E-state index in [0.29, 0.717) is 22.7 Å². The number of nitrogens with zero attached hydrogens (tertiary/aromatic N) is 1. The molecule has 0 aliphatic carbocycles. The number of benzene rings is 3. The van der Waals surface area contributed by atoms with E-state index in [-0.39, 0.29) is 18.3 Å². The summed E-state index contributed by atoms with van der Waals surface area (Å²) in [6, 6.07) is 22.9. The molecule has 0 saturated carbocycles. The highest BCUT2D eigenvalue weighted by atomic mass is 32.2. The molecule has 0 bridgehead atoms. The van der Waals surface area contributed by atoms with Crippen molar-refractivity contribution >= 4 is 21.6 Å². The van der Waals surface area contributed by atoms with E-state index in [1.165, 1.54) is 4.31 Å². The van der Waals surface area contributed by atoms with Crippen LogP contribution < -0.4 is 19.1 Å². The minimum absolute atomic E-state index is 0.114. The molecule has 1 aliphatic rings. The third-order valence-corrected chi connectivity index (χ3v) is 7.23. The van der Waals surface area contributed by atoms with Crippen LogP contribution in [0.2, 0.25) is 0 Å². The molecule has 0 saturated heterocycles. The van der Waals surface area contributed by atoms with Crippen molar-refractivity contribution in [2.75, 3.05) is 18.0 Å². The summed E-state index contributed by atoms with van der Waals surface area (Å²) in [5, 5.41) is 2.93. The summed E-state index contributed by atoms with van der Waals surface area (Å²) in [7, 11) is -2.18. The van der Waals surface area contributed by atoms with Gasteiger partial charge in [-0.2, -0.15) is 0 Å². The van der Waals surface area contributed by atoms with Crippen molar-refractivity contribution in [2.24, 2.45) is 0 Å². The molecule has 7 nitrogen and oxygen atoms in total. The summed E-state index contributed by atoms with van der Waals surface area (Å²) in [6.45, 7) is 1.73. The van der Waals surface area contributed by atoms with Crippen molar-refractivity contribution in [2.45, 2.75) is 24.8 Å². The molecule has 0 fully saturated rings. The van der Waals surface area contributed by atoms with Crippen molar-refractivity contribution in [1.82, 2.24) is 5.32 Å². The van der Waals surface area contributed by atoms with Gasteiger partial charge in [0, 0.05) is 5.56 Å². The van der Waals surface area contributed by atoms with E-state index in [9.17, 15) is 13.2 Å². The Kier molecular flexibility index (Phi) is 6.55. The Hall–Kier alpha value is -3.52. The molecule has 8 heteroatoms. The fourth-order valence-corrected chi connectivity index (χ4v) is 5.46. The zero-order valence-electron chi connectivity index (χ0n) is 18.5. The molecule has 0 unspecified atom stereocenters. The lowest BCUT2D eigenvalue weighted by molar-refractivity contribution is -0.128. The maximum atomic E-state index is 13.3. The lowest BCUT2D eigenvalue weighted by atomic mass is 10.1. The summed E-state index contributed by atoms with van der Waals surface area (Å²) >= 11 is 0. The Bertz CT molecular complexity index is 1230. The monoisotopic (exact) mass is 466 g/mol. The van der Waals surface area contributed by atoms with Gasteiger partial charge in [0.1, 0.15) is 11.5 Å². The van der Waals surface area contributed by atoms with E-state index in [2.05, 4.69) is 5.32 Å². The molecule has 2 atom stereocenters. The van der Waals surface area contributed by atoms with Gasteiger partial charge in [0.25, 0.3) is 5.91 Å². The second-order valence-electron chi connectivity index (χ2n) is 7.82. The first-order valence-electron chi connectivity index (χ1n) is 10.6. The fourth-order valence-electron chi connectivity index (χ4n) is 3.87. The number of hydrogen-bond acceptors (Lipinski definition) is 5. The number of rotatable bonds is 7. The molecule has 1 heterocycles. The molecule has 0 spiro atoms. The van der Waals surface area contributed by atoms with Crippen LogP contribution in [0.1, 0.15) is 24.1 Å². The highest BCUT2D eigenvalue weighted by Crippen LogP contribution is 2.36. The first-order valence-corrected chi connectivity index (χ1v) is 12.2. The molecule has 33 heavy (non-hydrogen) atoms. The molecular weight excluding hydrogens is 440 g/mol. The predicted octanol–water partition coefficient (Wildman–Crippen LogP) is 3.67. The van der Waals surface area contributed by atoms with E-state index >= 15 is 0 Å². The predicted molar refractivity (Wildman–Crippen MR) is 127 cm³/mol. The van der Waals surface area contributed by atoms with Crippen LogP contribution in [0.3, 0.4) is 0 Å². The molecule has 1 N–H and O–H groups in total. The zero-order chi connectivity index (χ0) is 23.4. The summed E-state index contributed by atoms with van der Waals surface area (Å²) in [4.78, 5) is 13.1. The van der Waals surface area contributed by atoms with Gasteiger partial charge < -0.3 is 14.8 Å². The SMILES string of the molecule is COc1ccccc1[C@@H](C)NC(=O)[C@H]1CN(S(=O)(=O)Cc2ccccc2)c2ccccc2O1. The Balaban J connectivity index is 1.57. The summed E-state index contributed by atoms with van der Waals surface area (Å²) in [6.07, 6.45) is -0.998. The first-order chi connectivity index (χ1) is 15.9. The Labute approximate surface area is 194 Å². The average Bonchev–Trinajstić information content (AvgIpc) is 2.83. The smallest absolute Gasteiger partial charge is 0.263 e. The number of carbonyl (C=O) groups is 1. The minimum atomic E-state index is -3.75. The molecule has 3 aromatic rings. The van der Waals surface area contributed by atoms with E-state index in [1.807, 2.05) is 37.3 Å². The van der Waals surface area contributed by atoms with Crippen molar-refractivity contribution in [3.05, 3.63) is 90.0 Å². The molecule has 3 aromatic carbocycles. The lowest BCUT2D eigenvalue weighted by Crippen LogP contribution is -2.51. The number of amides is 1. The molecule has 0 aromatic heterocycles. The topological polar surface area (TPSA) is 84.9 Å². The van der Waals surface area contributed by atoms with Gasteiger partial charge in [-0.25, -0.2) is 8.42 Å². The summed E-state index contributed by atoms with van der Waals surface area (Å²) < 4.78 is 39.2. The van der Waals surface area contributed by atoms with Gasteiger partial charge in [-0.05, 0) is 30.7 Å². The number of nitrogens with one attached hydrogen (secondary N) is 1. The standard InChI is InChI=1S/C25H26N2O5S/c1-18(20-12-6-8-14-22(20)31-2)26-25(28)24-16-27(21-13-7-9-15-23(21)32-24)33(29,30)17-19-10-4-3-5-11-19/h3-15,18,24H,16-17H2,1-2H3,(H,26,28)/t18-,24-/m1/s1. The fraction of sp³-hybridized carbons (Fsp3) is 0.240. The highest BCUT2D eigenvalue weighted by Gasteiger charge is 2.37. The van der Waals surface area contributed by atoms with E-state index in [1.54, 1.807) is 55.6 Å². The van der Waals surface area contributed by atoms with Gasteiger partial charge in [-0.1, -0.05) is 60.7 Å². The Morgan fingerprint density at radius 1 is 1.06 bits per heavy atom. The third-order valence-electron chi connectivity index (χ3n) is 5.52. The lowest BCUT2D eigenvalue weighted by Gasteiger charge is -2.35. The molecule has 1 amide bonds. The van der Waals surface area contributed by atoms with Crippen LogP contribution in [0.25, 0.3) is 0 Å². The number of ether oxygens (including phenoxy) is 2. The van der Waals surface area contributed by atoms with Gasteiger partial charge in [-0.3, -0.25) is 9.10 Å². The van der Waals surface area contributed by atoms with Gasteiger partial charge >= 0.3 is 0 Å². The van der Waals surface area contributed by atoms with Crippen LogP contribution in [0.4, 0.5) is 5.69 Å². The van der Waals surface area contributed by atoms with Crippen LogP contribution in [0.15, 0.2) is 78.9 Å². The number of hydrogen-bond donors (Lipinski definition) is 1. The maximum absolute atomic E-state index is 13.3. The number of anilines is 1. The van der Waals surface area contributed by atoms with E-state index in [4.69, 9.17) is 9.47 Å². The number of para-hydroxylation sites is 3. The molecular formula is C25H26N2O5S. The Morgan fingerprint density at radius 2 is 1.73 bits per heavy atom.